The molecule has 0 atom stereocenters. The molecule has 4 rings (SSSR count). The summed E-state index contributed by atoms with van der Waals surface area (Å²) >= 11 is 7.44. The highest BCUT2D eigenvalue weighted by Gasteiger charge is 2.33. The van der Waals surface area contributed by atoms with Crippen molar-refractivity contribution in [2.24, 2.45) is 0 Å². The summed E-state index contributed by atoms with van der Waals surface area (Å²) in [6.45, 7) is 2.78. The largest absolute Gasteiger partial charge is 0.339 e. The number of carbonyl (C=O) groups excluding carboxylic acids is 1. The Morgan fingerprint density at radius 1 is 1.13 bits per heavy atom. The van der Waals surface area contributed by atoms with Crippen molar-refractivity contribution < 1.29 is 13.2 Å². The fraction of sp³-hybridized carbons (Fsp3) is 0.273. The summed E-state index contributed by atoms with van der Waals surface area (Å²) in [5, 5.41) is 2.97. The zero-order chi connectivity index (χ0) is 21.3. The fourth-order valence-corrected chi connectivity index (χ4v) is 6.16. The molecule has 1 saturated heterocycles. The van der Waals surface area contributed by atoms with E-state index < -0.39 is 15.1 Å². The van der Waals surface area contributed by atoms with Crippen LogP contribution in [0.1, 0.15) is 28.2 Å². The van der Waals surface area contributed by atoms with Crippen LogP contribution in [0.25, 0.3) is 11.3 Å². The molecule has 30 heavy (non-hydrogen) atoms. The van der Waals surface area contributed by atoms with Gasteiger partial charge in [0.2, 0.25) is 0 Å². The number of halogens is 1. The summed E-state index contributed by atoms with van der Waals surface area (Å²) in [7, 11) is -3.44. The van der Waals surface area contributed by atoms with E-state index in [1.54, 1.807) is 46.6 Å². The molecule has 0 aliphatic carbocycles. The molecule has 3 aromatic rings. The van der Waals surface area contributed by atoms with Crippen molar-refractivity contribution in [3.05, 3.63) is 69.5 Å². The minimum Gasteiger partial charge on any atom is -0.339 e. The lowest BCUT2D eigenvalue weighted by Crippen LogP contribution is -2.42. The van der Waals surface area contributed by atoms with Crippen molar-refractivity contribution in [3.63, 3.8) is 0 Å². The Morgan fingerprint density at radius 2 is 1.83 bits per heavy atom. The van der Waals surface area contributed by atoms with Crippen LogP contribution in [0.15, 0.2) is 58.8 Å². The van der Waals surface area contributed by atoms with Crippen LogP contribution in [-0.2, 0) is 9.84 Å². The third-order valence-electron chi connectivity index (χ3n) is 5.33. The molecule has 156 valence electrons. The molecule has 1 amide bonds. The van der Waals surface area contributed by atoms with Gasteiger partial charge in [-0.05, 0) is 56.2 Å². The van der Waals surface area contributed by atoms with Crippen LogP contribution >= 0.6 is 22.9 Å². The quantitative estimate of drug-likeness (QED) is 0.558. The fourth-order valence-electron chi connectivity index (χ4n) is 3.68. The predicted molar refractivity (Wildman–Crippen MR) is 120 cm³/mol. The normalized spacial score (nSPS) is 15.3. The number of benzene rings is 2. The highest BCUT2D eigenvalue weighted by Crippen LogP contribution is 2.27. The Labute approximate surface area is 185 Å². The number of aryl methyl sites for hydroxylation is 1. The zero-order valence-corrected chi connectivity index (χ0v) is 18.8. The van der Waals surface area contributed by atoms with E-state index in [0.717, 1.165) is 16.3 Å². The average molecular weight is 461 g/mol. The zero-order valence-electron chi connectivity index (χ0n) is 16.4. The number of carbonyl (C=O) groups is 1. The Bertz CT molecular complexity index is 1170. The molecule has 8 heteroatoms. The standard InChI is InChI=1S/C22H21ClN2O3S2/c1-15-24-21(14-29-15)16-3-2-4-17(13-16)22(26)25-11-9-20(10-12-25)30(27,28)19-7-5-18(23)6-8-19/h2-8,13-14,20H,9-12H2,1H3. The van der Waals surface area contributed by atoms with Crippen molar-refractivity contribution in [1.29, 1.82) is 0 Å². The molecular weight excluding hydrogens is 440 g/mol. The minimum atomic E-state index is -3.44. The van der Waals surface area contributed by atoms with Gasteiger partial charge >= 0.3 is 0 Å². The van der Waals surface area contributed by atoms with Crippen molar-refractivity contribution in [2.75, 3.05) is 13.1 Å². The van der Waals surface area contributed by atoms with Crippen LogP contribution < -0.4 is 0 Å². The van der Waals surface area contributed by atoms with Gasteiger partial charge in [-0.15, -0.1) is 11.3 Å². The van der Waals surface area contributed by atoms with E-state index >= 15 is 0 Å². The van der Waals surface area contributed by atoms with E-state index in [2.05, 4.69) is 4.98 Å². The molecule has 0 radical (unpaired) electrons. The lowest BCUT2D eigenvalue weighted by molar-refractivity contribution is 0.0725. The summed E-state index contributed by atoms with van der Waals surface area (Å²) in [6.07, 6.45) is 0.837. The SMILES string of the molecule is Cc1nc(-c2cccc(C(=O)N3CCC(S(=O)(=O)c4ccc(Cl)cc4)CC3)c2)cs1. The molecule has 2 heterocycles. The number of piperidine rings is 1. The second-order valence-corrected chi connectivity index (χ2v) is 11.0. The number of amides is 1. The van der Waals surface area contributed by atoms with Crippen molar-refractivity contribution in [3.8, 4) is 11.3 Å². The van der Waals surface area contributed by atoms with Crippen LogP contribution in [0.4, 0.5) is 0 Å². The van der Waals surface area contributed by atoms with Gasteiger partial charge in [-0.2, -0.15) is 0 Å². The van der Waals surface area contributed by atoms with Crippen molar-refractivity contribution in [1.82, 2.24) is 9.88 Å². The molecule has 0 N–H and O–H groups in total. The second kappa shape index (κ2) is 8.49. The molecule has 0 spiro atoms. The van der Waals surface area contributed by atoms with E-state index in [0.29, 0.717) is 36.5 Å². The van der Waals surface area contributed by atoms with Gasteiger partial charge in [0.05, 0.1) is 20.8 Å². The van der Waals surface area contributed by atoms with Gasteiger partial charge in [-0.25, -0.2) is 13.4 Å². The highest BCUT2D eigenvalue weighted by atomic mass is 35.5. The van der Waals surface area contributed by atoms with Gasteiger partial charge in [-0.3, -0.25) is 4.79 Å². The van der Waals surface area contributed by atoms with Crippen LogP contribution in [0.3, 0.4) is 0 Å². The van der Waals surface area contributed by atoms with E-state index in [1.807, 2.05) is 30.5 Å². The molecule has 0 bridgehead atoms. The highest BCUT2D eigenvalue weighted by molar-refractivity contribution is 7.92. The van der Waals surface area contributed by atoms with Crippen molar-refractivity contribution in [2.45, 2.75) is 29.9 Å². The third-order valence-corrected chi connectivity index (χ3v) is 8.64. The van der Waals surface area contributed by atoms with Gasteiger partial charge < -0.3 is 4.90 Å². The first kappa shape index (κ1) is 21.0. The molecule has 5 nitrogen and oxygen atoms in total. The number of likely N-dealkylation sites (tertiary alicyclic amines) is 1. The lowest BCUT2D eigenvalue weighted by Gasteiger charge is -2.32. The number of aromatic nitrogens is 1. The van der Waals surface area contributed by atoms with Gasteiger partial charge in [-0.1, -0.05) is 23.7 Å². The van der Waals surface area contributed by atoms with E-state index in [-0.39, 0.29) is 10.8 Å². The summed E-state index contributed by atoms with van der Waals surface area (Å²) in [6, 6.07) is 13.7. The summed E-state index contributed by atoms with van der Waals surface area (Å²) in [4.78, 5) is 19.5. The van der Waals surface area contributed by atoms with Gasteiger partial charge in [0.1, 0.15) is 0 Å². The maximum Gasteiger partial charge on any atom is 0.253 e. The van der Waals surface area contributed by atoms with E-state index in [9.17, 15) is 13.2 Å². The van der Waals surface area contributed by atoms with Crippen LogP contribution in [0.2, 0.25) is 5.02 Å². The smallest absolute Gasteiger partial charge is 0.253 e. The Kier molecular flexibility index (Phi) is 5.95. The number of thiazole rings is 1. The van der Waals surface area contributed by atoms with E-state index in [4.69, 9.17) is 11.6 Å². The first-order valence-electron chi connectivity index (χ1n) is 9.66. The maximum atomic E-state index is 13.0. The average Bonchev–Trinajstić information content (AvgIpc) is 3.20. The Morgan fingerprint density at radius 3 is 2.47 bits per heavy atom. The number of hydrogen-bond donors (Lipinski definition) is 0. The third kappa shape index (κ3) is 4.29. The maximum absolute atomic E-state index is 13.0. The molecular formula is C22H21ClN2O3S2. The number of nitrogens with zero attached hydrogens (tertiary/aromatic N) is 2. The number of rotatable bonds is 4. The van der Waals surface area contributed by atoms with Crippen molar-refractivity contribution >= 4 is 38.7 Å². The molecule has 0 saturated carbocycles. The first-order chi connectivity index (χ1) is 14.3. The number of sulfone groups is 1. The molecule has 2 aromatic carbocycles. The molecule has 1 aromatic heterocycles. The van der Waals surface area contributed by atoms with Crippen LogP contribution in [0, 0.1) is 6.92 Å². The van der Waals surface area contributed by atoms with Gasteiger partial charge in [0, 0.05) is 34.6 Å². The van der Waals surface area contributed by atoms with Crippen LogP contribution in [0.5, 0.6) is 0 Å². The topological polar surface area (TPSA) is 67.3 Å². The van der Waals surface area contributed by atoms with E-state index in [1.165, 1.54) is 0 Å². The summed E-state index contributed by atoms with van der Waals surface area (Å²) in [5.74, 6) is -0.0776. The summed E-state index contributed by atoms with van der Waals surface area (Å²) in [5.41, 5.74) is 2.36. The summed E-state index contributed by atoms with van der Waals surface area (Å²) < 4.78 is 25.8. The molecule has 1 fully saturated rings. The monoisotopic (exact) mass is 460 g/mol. The van der Waals surface area contributed by atoms with Gasteiger partial charge in [0.15, 0.2) is 9.84 Å². The number of hydrogen-bond acceptors (Lipinski definition) is 5. The molecule has 0 unspecified atom stereocenters. The first-order valence-corrected chi connectivity index (χ1v) is 12.5. The second-order valence-electron chi connectivity index (χ2n) is 7.32. The minimum absolute atomic E-state index is 0.0776. The lowest BCUT2D eigenvalue weighted by atomic mass is 10.1. The Hall–Kier alpha value is -2.22. The molecule has 1 aliphatic rings. The van der Waals surface area contributed by atoms with Gasteiger partial charge in [0.25, 0.3) is 5.91 Å². The van der Waals surface area contributed by atoms with Crippen LogP contribution in [-0.4, -0.2) is 42.5 Å². The predicted octanol–water partition coefficient (Wildman–Crippen LogP) is 4.85. The Balaban J connectivity index is 1.45. The molecule has 1 aliphatic heterocycles.